The lowest BCUT2D eigenvalue weighted by atomic mass is 10.1. The van der Waals surface area contributed by atoms with E-state index in [1.54, 1.807) is 37.4 Å². The molecule has 8 nitrogen and oxygen atoms in total. The number of hydrogen-bond donors (Lipinski definition) is 2. The minimum atomic E-state index is -0.261. The van der Waals surface area contributed by atoms with Crippen molar-refractivity contribution in [3.05, 3.63) is 47.5 Å². The number of hydrogen-bond acceptors (Lipinski definition) is 6. The minimum absolute atomic E-state index is 0.242. The van der Waals surface area contributed by atoms with Crippen LogP contribution in [0.25, 0.3) is 11.5 Å². The molecule has 2 aromatic heterocycles. The lowest BCUT2D eigenvalue weighted by Gasteiger charge is -2.03. The lowest BCUT2D eigenvalue weighted by molar-refractivity contribution is 0.102. The predicted molar refractivity (Wildman–Crippen MR) is 86.4 cm³/mol. The third kappa shape index (κ3) is 3.49. The van der Waals surface area contributed by atoms with Crippen LogP contribution >= 0.6 is 0 Å². The van der Waals surface area contributed by atoms with Crippen molar-refractivity contribution in [2.45, 2.75) is 20.0 Å². The van der Waals surface area contributed by atoms with Crippen molar-refractivity contribution in [3.63, 3.8) is 0 Å². The summed E-state index contributed by atoms with van der Waals surface area (Å²) in [4.78, 5) is 12.4. The highest BCUT2D eigenvalue weighted by atomic mass is 16.5. The molecule has 0 bridgehead atoms. The number of benzene rings is 1. The molecule has 0 atom stereocenters. The second-order valence-corrected chi connectivity index (χ2v) is 5.10. The molecule has 0 radical (unpaired) electrons. The number of carbonyl (C=O) groups excluding carboxylic acids is 1. The Balaban J connectivity index is 1.77. The highest BCUT2D eigenvalue weighted by molar-refractivity contribution is 6.04. The summed E-state index contributed by atoms with van der Waals surface area (Å²) in [5.74, 6) is 0.945. The molecule has 24 heavy (non-hydrogen) atoms. The number of aromatic amines is 1. The number of H-pyrrole nitrogens is 1. The van der Waals surface area contributed by atoms with Crippen molar-refractivity contribution in [2.75, 3.05) is 12.4 Å². The number of amides is 1. The van der Waals surface area contributed by atoms with Gasteiger partial charge in [0.05, 0.1) is 0 Å². The van der Waals surface area contributed by atoms with E-state index in [-0.39, 0.29) is 12.5 Å². The zero-order valence-electron chi connectivity index (χ0n) is 13.4. The van der Waals surface area contributed by atoms with Gasteiger partial charge in [-0.3, -0.25) is 9.89 Å². The number of ether oxygens (including phenoxy) is 1. The number of nitrogens with zero attached hydrogens (tertiary/aromatic N) is 3. The number of aryl methyl sites for hydroxylation is 1. The predicted octanol–water partition coefficient (Wildman–Crippen LogP) is 2.42. The maximum Gasteiger partial charge on any atom is 0.256 e. The molecule has 3 rings (SSSR count). The molecule has 0 saturated carbocycles. The molecular weight excluding hydrogens is 310 g/mol. The molecule has 0 fully saturated rings. The first-order valence-electron chi connectivity index (χ1n) is 7.47. The Hall–Kier alpha value is -3.00. The van der Waals surface area contributed by atoms with Gasteiger partial charge in [0.25, 0.3) is 5.91 Å². The van der Waals surface area contributed by atoms with Crippen molar-refractivity contribution in [2.24, 2.45) is 0 Å². The third-order valence-corrected chi connectivity index (χ3v) is 3.36. The fourth-order valence-electron chi connectivity index (χ4n) is 2.14. The summed E-state index contributed by atoms with van der Waals surface area (Å²) in [5, 5.41) is 17.5. The lowest BCUT2D eigenvalue weighted by Crippen LogP contribution is -2.12. The van der Waals surface area contributed by atoms with Gasteiger partial charge in [-0.15, -0.1) is 10.2 Å². The molecular formula is C16H17N5O3. The van der Waals surface area contributed by atoms with Gasteiger partial charge in [0.15, 0.2) is 5.82 Å². The molecule has 0 unspecified atom stereocenters. The van der Waals surface area contributed by atoms with Crippen molar-refractivity contribution in [3.8, 4) is 11.5 Å². The van der Waals surface area contributed by atoms with Crippen LogP contribution in [0, 0.1) is 0 Å². The van der Waals surface area contributed by atoms with Crippen LogP contribution < -0.4 is 5.32 Å². The SMILES string of the molecule is CCc1cc(NC(=O)c2cccc(-c3nnc(COC)o3)c2)n[nH]1. The number of methoxy groups -OCH3 is 1. The molecule has 0 spiro atoms. The highest BCUT2D eigenvalue weighted by Crippen LogP contribution is 2.20. The number of aromatic nitrogens is 4. The van der Waals surface area contributed by atoms with E-state index < -0.39 is 0 Å². The van der Waals surface area contributed by atoms with Gasteiger partial charge in [-0.05, 0) is 24.6 Å². The van der Waals surface area contributed by atoms with Gasteiger partial charge >= 0.3 is 0 Å². The third-order valence-electron chi connectivity index (χ3n) is 3.36. The van der Waals surface area contributed by atoms with E-state index in [2.05, 4.69) is 25.7 Å². The van der Waals surface area contributed by atoms with Crippen molar-refractivity contribution < 1.29 is 13.9 Å². The second kappa shape index (κ2) is 7.05. The summed E-state index contributed by atoms with van der Waals surface area (Å²) in [6.45, 7) is 2.25. The van der Waals surface area contributed by atoms with E-state index in [9.17, 15) is 4.79 Å². The fourth-order valence-corrected chi connectivity index (χ4v) is 2.14. The largest absolute Gasteiger partial charge is 0.418 e. The van der Waals surface area contributed by atoms with Crippen molar-refractivity contribution in [1.82, 2.24) is 20.4 Å². The Labute approximate surface area is 138 Å². The van der Waals surface area contributed by atoms with E-state index in [0.29, 0.717) is 28.7 Å². The van der Waals surface area contributed by atoms with Crippen LogP contribution in [0.1, 0.15) is 28.9 Å². The topological polar surface area (TPSA) is 106 Å². The van der Waals surface area contributed by atoms with Gasteiger partial charge in [0, 0.05) is 30.0 Å². The van der Waals surface area contributed by atoms with Gasteiger partial charge in [-0.2, -0.15) is 5.10 Å². The van der Waals surface area contributed by atoms with Crippen LogP contribution in [0.4, 0.5) is 5.82 Å². The first kappa shape index (κ1) is 15.9. The van der Waals surface area contributed by atoms with Crippen LogP contribution in [0.3, 0.4) is 0 Å². The highest BCUT2D eigenvalue weighted by Gasteiger charge is 2.13. The number of anilines is 1. The van der Waals surface area contributed by atoms with Crippen molar-refractivity contribution >= 4 is 11.7 Å². The molecule has 8 heteroatoms. The Morgan fingerprint density at radius 2 is 2.21 bits per heavy atom. The van der Waals surface area contributed by atoms with Crippen LogP contribution in [-0.2, 0) is 17.8 Å². The van der Waals surface area contributed by atoms with Crippen LogP contribution in [0.5, 0.6) is 0 Å². The monoisotopic (exact) mass is 327 g/mol. The Morgan fingerprint density at radius 1 is 1.33 bits per heavy atom. The fraction of sp³-hybridized carbons (Fsp3) is 0.250. The number of nitrogens with one attached hydrogen (secondary N) is 2. The van der Waals surface area contributed by atoms with Gasteiger partial charge in [0.2, 0.25) is 11.8 Å². The molecule has 3 aromatic rings. The second-order valence-electron chi connectivity index (χ2n) is 5.10. The number of rotatable bonds is 6. The molecule has 1 aromatic carbocycles. The summed E-state index contributed by atoms with van der Waals surface area (Å²) in [6.07, 6.45) is 0.819. The molecule has 2 heterocycles. The van der Waals surface area contributed by atoms with Gasteiger partial charge in [0.1, 0.15) is 6.61 Å². The average Bonchev–Trinajstić information content (AvgIpc) is 3.25. The average molecular weight is 327 g/mol. The summed E-state index contributed by atoms with van der Waals surface area (Å²) in [7, 11) is 1.55. The summed E-state index contributed by atoms with van der Waals surface area (Å²) in [6, 6.07) is 8.75. The Morgan fingerprint density at radius 3 is 2.96 bits per heavy atom. The normalized spacial score (nSPS) is 10.8. The molecule has 2 N–H and O–H groups in total. The van der Waals surface area contributed by atoms with Crippen LogP contribution in [0.15, 0.2) is 34.7 Å². The molecule has 0 aliphatic heterocycles. The van der Waals surface area contributed by atoms with Crippen LogP contribution in [-0.4, -0.2) is 33.4 Å². The smallest absolute Gasteiger partial charge is 0.256 e. The molecule has 124 valence electrons. The minimum Gasteiger partial charge on any atom is -0.418 e. The molecule has 1 amide bonds. The maximum atomic E-state index is 12.4. The summed E-state index contributed by atoms with van der Waals surface area (Å²) < 4.78 is 10.4. The van der Waals surface area contributed by atoms with E-state index >= 15 is 0 Å². The molecule has 0 aliphatic carbocycles. The maximum absolute atomic E-state index is 12.4. The Kier molecular flexibility index (Phi) is 4.66. The number of carbonyl (C=O) groups is 1. The van der Waals surface area contributed by atoms with E-state index in [0.717, 1.165) is 12.1 Å². The quantitative estimate of drug-likeness (QED) is 0.720. The molecule has 0 aliphatic rings. The standard InChI is InChI=1S/C16H17N5O3/c1-3-12-8-13(19-18-12)17-15(22)10-5-4-6-11(7-10)16-21-20-14(24-16)9-23-2/h4-8H,3,9H2,1-2H3,(H2,17,18,19,22). The Bertz CT molecular complexity index is 840. The van der Waals surface area contributed by atoms with E-state index in [1.165, 1.54) is 0 Å². The van der Waals surface area contributed by atoms with Crippen molar-refractivity contribution in [1.29, 1.82) is 0 Å². The summed E-state index contributed by atoms with van der Waals surface area (Å²) >= 11 is 0. The summed E-state index contributed by atoms with van der Waals surface area (Å²) in [5.41, 5.74) is 2.09. The van der Waals surface area contributed by atoms with Gasteiger partial charge in [-0.1, -0.05) is 13.0 Å². The first-order valence-corrected chi connectivity index (χ1v) is 7.47. The van der Waals surface area contributed by atoms with Crippen LogP contribution in [0.2, 0.25) is 0 Å². The zero-order valence-corrected chi connectivity index (χ0v) is 13.4. The molecule has 0 saturated heterocycles. The van der Waals surface area contributed by atoms with E-state index in [1.807, 2.05) is 6.92 Å². The van der Waals surface area contributed by atoms with E-state index in [4.69, 9.17) is 9.15 Å². The van der Waals surface area contributed by atoms with Gasteiger partial charge in [-0.25, -0.2) is 0 Å². The first-order chi connectivity index (χ1) is 11.7. The van der Waals surface area contributed by atoms with Gasteiger partial charge < -0.3 is 14.5 Å². The zero-order chi connectivity index (χ0) is 16.9.